The fourth-order valence-electron chi connectivity index (χ4n) is 1.52. The molecule has 0 radical (unpaired) electrons. The van der Waals surface area contributed by atoms with Crippen LogP contribution >= 0.6 is 0 Å². The third-order valence-corrected chi connectivity index (χ3v) is 2.54. The number of carbonyl (C=O) groups excluding carboxylic acids is 1. The Balaban J connectivity index is 2.56. The average Bonchev–Trinajstić information content (AvgIpc) is 2.37. The van der Waals surface area contributed by atoms with E-state index in [0.29, 0.717) is 12.1 Å². The van der Waals surface area contributed by atoms with Crippen molar-refractivity contribution in [3.8, 4) is 0 Å². The zero-order valence-corrected chi connectivity index (χ0v) is 10.8. The van der Waals surface area contributed by atoms with E-state index in [-0.39, 0.29) is 12.2 Å². The van der Waals surface area contributed by atoms with Crippen LogP contribution in [-0.2, 0) is 16.1 Å². The molecule has 104 valence electrons. The van der Waals surface area contributed by atoms with E-state index < -0.39 is 16.5 Å². The maximum atomic E-state index is 11.2. The highest BCUT2D eigenvalue weighted by Crippen LogP contribution is 2.13. The van der Waals surface area contributed by atoms with Gasteiger partial charge in [0.2, 0.25) is 0 Å². The molecule has 1 aromatic carbocycles. The van der Waals surface area contributed by atoms with Crippen molar-refractivity contribution in [2.24, 2.45) is 0 Å². The SMILES string of the molecule is COC(=O)C(C)(O)CNCc1cccc([N+](=O)[O-])c1. The number of benzene rings is 1. The normalized spacial score (nSPS) is 13.6. The number of esters is 1. The van der Waals surface area contributed by atoms with Crippen LogP contribution in [0.2, 0.25) is 0 Å². The summed E-state index contributed by atoms with van der Waals surface area (Å²) in [7, 11) is 1.19. The highest BCUT2D eigenvalue weighted by molar-refractivity contribution is 5.78. The number of hydrogen-bond acceptors (Lipinski definition) is 6. The molecule has 7 heteroatoms. The molecule has 0 spiro atoms. The van der Waals surface area contributed by atoms with Gasteiger partial charge in [-0.1, -0.05) is 12.1 Å². The van der Waals surface area contributed by atoms with Gasteiger partial charge in [-0.3, -0.25) is 10.1 Å². The maximum Gasteiger partial charge on any atom is 0.338 e. The number of nitro groups is 1. The van der Waals surface area contributed by atoms with Crippen LogP contribution < -0.4 is 5.32 Å². The molecule has 0 fully saturated rings. The zero-order valence-electron chi connectivity index (χ0n) is 10.8. The van der Waals surface area contributed by atoms with Crippen LogP contribution in [-0.4, -0.2) is 35.3 Å². The lowest BCUT2D eigenvalue weighted by Gasteiger charge is -2.20. The Morgan fingerprint density at radius 2 is 2.26 bits per heavy atom. The molecule has 0 aliphatic rings. The summed E-state index contributed by atoms with van der Waals surface area (Å²) in [6, 6.07) is 6.12. The number of aliphatic hydroxyl groups is 1. The summed E-state index contributed by atoms with van der Waals surface area (Å²) in [6.45, 7) is 1.62. The number of nitrogens with one attached hydrogen (secondary N) is 1. The number of rotatable bonds is 6. The maximum absolute atomic E-state index is 11.2. The van der Waals surface area contributed by atoms with Crippen molar-refractivity contribution in [2.75, 3.05) is 13.7 Å². The molecule has 0 heterocycles. The van der Waals surface area contributed by atoms with Crippen LogP contribution in [0.25, 0.3) is 0 Å². The molecule has 1 aromatic rings. The van der Waals surface area contributed by atoms with Crippen molar-refractivity contribution >= 4 is 11.7 Å². The minimum absolute atomic E-state index is 0.000900. The fourth-order valence-corrected chi connectivity index (χ4v) is 1.52. The highest BCUT2D eigenvalue weighted by Gasteiger charge is 2.30. The van der Waals surface area contributed by atoms with Gasteiger partial charge >= 0.3 is 5.97 Å². The fraction of sp³-hybridized carbons (Fsp3) is 0.417. The van der Waals surface area contributed by atoms with Crippen LogP contribution in [0.4, 0.5) is 5.69 Å². The van der Waals surface area contributed by atoms with Crippen LogP contribution in [0, 0.1) is 10.1 Å². The second-order valence-electron chi connectivity index (χ2n) is 4.30. The first-order chi connectivity index (χ1) is 8.86. The van der Waals surface area contributed by atoms with Crippen molar-refractivity contribution in [3.63, 3.8) is 0 Å². The summed E-state index contributed by atoms with van der Waals surface area (Å²) in [5.74, 6) is -0.737. The van der Waals surface area contributed by atoms with Crippen molar-refractivity contribution in [1.29, 1.82) is 0 Å². The number of carbonyl (C=O) groups is 1. The van der Waals surface area contributed by atoms with E-state index in [1.54, 1.807) is 12.1 Å². The Kier molecular flexibility index (Phi) is 4.96. The highest BCUT2D eigenvalue weighted by atomic mass is 16.6. The molecule has 1 unspecified atom stereocenters. The first-order valence-corrected chi connectivity index (χ1v) is 5.61. The molecule has 2 N–H and O–H groups in total. The summed E-state index contributed by atoms with van der Waals surface area (Å²) in [6.07, 6.45) is 0. The lowest BCUT2D eigenvalue weighted by atomic mass is 10.1. The van der Waals surface area contributed by atoms with E-state index in [2.05, 4.69) is 10.1 Å². The zero-order chi connectivity index (χ0) is 14.5. The second-order valence-corrected chi connectivity index (χ2v) is 4.30. The van der Waals surface area contributed by atoms with E-state index in [0.717, 1.165) is 0 Å². The lowest BCUT2D eigenvalue weighted by Crippen LogP contribution is -2.45. The molecule has 1 rings (SSSR count). The van der Waals surface area contributed by atoms with E-state index in [9.17, 15) is 20.0 Å². The Bertz CT molecular complexity index is 473. The molecule has 7 nitrogen and oxygen atoms in total. The lowest BCUT2D eigenvalue weighted by molar-refractivity contribution is -0.384. The largest absolute Gasteiger partial charge is 0.467 e. The van der Waals surface area contributed by atoms with Crippen molar-refractivity contribution in [3.05, 3.63) is 39.9 Å². The molecule has 1 atom stereocenters. The molecule has 0 aliphatic heterocycles. The molecular formula is C12H16N2O5. The number of non-ortho nitro benzene ring substituents is 1. The predicted octanol–water partition coefficient (Wildman–Crippen LogP) is 0.608. The monoisotopic (exact) mass is 268 g/mol. The summed E-state index contributed by atoms with van der Waals surface area (Å²) < 4.78 is 4.45. The van der Waals surface area contributed by atoms with Crippen molar-refractivity contribution in [1.82, 2.24) is 5.32 Å². The molecule has 0 amide bonds. The Morgan fingerprint density at radius 3 is 2.84 bits per heavy atom. The average molecular weight is 268 g/mol. The molecule has 19 heavy (non-hydrogen) atoms. The molecule has 0 aliphatic carbocycles. The Labute approximate surface area is 110 Å². The van der Waals surface area contributed by atoms with Gasteiger partial charge in [-0.25, -0.2) is 4.79 Å². The van der Waals surface area contributed by atoms with E-state index in [1.807, 2.05) is 0 Å². The van der Waals surface area contributed by atoms with Gasteiger partial charge < -0.3 is 15.2 Å². The van der Waals surface area contributed by atoms with Crippen LogP contribution in [0.3, 0.4) is 0 Å². The summed E-state index contributed by atoms with van der Waals surface area (Å²) in [4.78, 5) is 21.3. The third kappa shape index (κ3) is 4.31. The minimum atomic E-state index is -1.63. The number of ether oxygens (including phenoxy) is 1. The third-order valence-electron chi connectivity index (χ3n) is 2.54. The standard InChI is InChI=1S/C12H16N2O5/c1-12(16,11(15)19-2)8-13-7-9-4-3-5-10(6-9)14(17)18/h3-6,13,16H,7-8H2,1-2H3. The number of nitrogens with zero attached hydrogens (tertiary/aromatic N) is 1. The van der Waals surface area contributed by atoms with E-state index >= 15 is 0 Å². The summed E-state index contributed by atoms with van der Waals surface area (Å²) >= 11 is 0. The van der Waals surface area contributed by atoms with Crippen LogP contribution in [0.5, 0.6) is 0 Å². The van der Waals surface area contributed by atoms with E-state index in [1.165, 1.54) is 26.2 Å². The van der Waals surface area contributed by atoms with Crippen LogP contribution in [0.15, 0.2) is 24.3 Å². The van der Waals surface area contributed by atoms with Gasteiger partial charge in [0, 0.05) is 25.2 Å². The van der Waals surface area contributed by atoms with Gasteiger partial charge in [-0.05, 0) is 12.5 Å². The van der Waals surface area contributed by atoms with E-state index in [4.69, 9.17) is 0 Å². The smallest absolute Gasteiger partial charge is 0.338 e. The predicted molar refractivity (Wildman–Crippen MR) is 67.4 cm³/mol. The van der Waals surface area contributed by atoms with Gasteiger partial charge in [0.25, 0.3) is 5.69 Å². The van der Waals surface area contributed by atoms with Crippen LogP contribution in [0.1, 0.15) is 12.5 Å². The van der Waals surface area contributed by atoms with Gasteiger partial charge in [0.05, 0.1) is 12.0 Å². The molecule has 0 bridgehead atoms. The molecule has 0 aromatic heterocycles. The van der Waals surface area contributed by atoms with Gasteiger partial charge in [-0.15, -0.1) is 0 Å². The first kappa shape index (κ1) is 15.1. The summed E-state index contributed by atoms with van der Waals surface area (Å²) in [5.41, 5.74) is -0.941. The second kappa shape index (κ2) is 6.26. The topological polar surface area (TPSA) is 102 Å². The minimum Gasteiger partial charge on any atom is -0.467 e. The summed E-state index contributed by atoms with van der Waals surface area (Å²) in [5, 5.41) is 23.2. The van der Waals surface area contributed by atoms with Gasteiger partial charge in [0.15, 0.2) is 5.60 Å². The Morgan fingerprint density at radius 1 is 1.58 bits per heavy atom. The molecule has 0 saturated heterocycles. The van der Waals surface area contributed by atoms with Gasteiger partial charge in [-0.2, -0.15) is 0 Å². The van der Waals surface area contributed by atoms with Gasteiger partial charge in [0.1, 0.15) is 0 Å². The molecule has 0 saturated carbocycles. The Hall–Kier alpha value is -1.99. The van der Waals surface area contributed by atoms with Crippen molar-refractivity contribution in [2.45, 2.75) is 19.1 Å². The number of methoxy groups -OCH3 is 1. The number of nitro benzene ring substituents is 1. The molecular weight excluding hydrogens is 252 g/mol. The quantitative estimate of drug-likeness (QED) is 0.445. The van der Waals surface area contributed by atoms with Crippen molar-refractivity contribution < 1.29 is 19.6 Å². The number of hydrogen-bond donors (Lipinski definition) is 2. The first-order valence-electron chi connectivity index (χ1n) is 5.61.